The summed E-state index contributed by atoms with van der Waals surface area (Å²) >= 11 is 11.8. The fraction of sp³-hybridized carbons (Fsp3) is 0.231. The molecule has 0 fully saturated rings. The molecule has 0 aliphatic rings. The molecule has 0 aliphatic carbocycles. The van der Waals surface area contributed by atoms with Gasteiger partial charge in [0.15, 0.2) is 5.78 Å². The van der Waals surface area contributed by atoms with Gasteiger partial charge in [-0.3, -0.25) is 9.48 Å². The van der Waals surface area contributed by atoms with Crippen molar-refractivity contribution in [3.8, 4) is 0 Å². The first kappa shape index (κ1) is 13.1. The van der Waals surface area contributed by atoms with Gasteiger partial charge in [-0.05, 0) is 38.1 Å². The smallest absolute Gasteiger partial charge is 0.185 e. The lowest BCUT2D eigenvalue weighted by atomic mass is 10.1. The van der Waals surface area contributed by atoms with Crippen LogP contribution in [0.25, 0.3) is 0 Å². The van der Waals surface area contributed by atoms with Crippen LogP contribution in [0.3, 0.4) is 0 Å². The average molecular weight is 283 g/mol. The van der Waals surface area contributed by atoms with Crippen LogP contribution >= 0.6 is 23.2 Å². The topological polar surface area (TPSA) is 34.9 Å². The number of hydrogen-bond donors (Lipinski definition) is 0. The van der Waals surface area contributed by atoms with E-state index in [0.717, 1.165) is 11.4 Å². The maximum Gasteiger partial charge on any atom is 0.185 e. The molecule has 1 aromatic carbocycles. The van der Waals surface area contributed by atoms with Crippen molar-refractivity contribution < 1.29 is 4.79 Å². The highest BCUT2D eigenvalue weighted by molar-refractivity contribution is 6.36. The molecule has 18 heavy (non-hydrogen) atoms. The Hall–Kier alpha value is -1.32. The minimum Gasteiger partial charge on any atom is -0.292 e. The lowest BCUT2D eigenvalue weighted by molar-refractivity contribution is 0.0967. The van der Waals surface area contributed by atoms with Crippen LogP contribution in [0.1, 0.15) is 21.7 Å². The second-order valence-corrected chi connectivity index (χ2v) is 4.98. The van der Waals surface area contributed by atoms with Gasteiger partial charge in [0, 0.05) is 16.3 Å². The minimum absolute atomic E-state index is 0.0807. The molecule has 0 aliphatic heterocycles. The van der Waals surface area contributed by atoms with E-state index < -0.39 is 0 Å². The fourth-order valence-corrected chi connectivity index (χ4v) is 2.29. The van der Waals surface area contributed by atoms with Crippen LogP contribution in [-0.2, 0) is 6.54 Å². The molecule has 1 aromatic heterocycles. The molecule has 2 rings (SSSR count). The fourth-order valence-electron chi connectivity index (χ4n) is 1.77. The lowest BCUT2D eigenvalue weighted by Crippen LogP contribution is -2.13. The van der Waals surface area contributed by atoms with Crippen molar-refractivity contribution in [3.63, 3.8) is 0 Å². The molecule has 2 aromatic rings. The van der Waals surface area contributed by atoms with Gasteiger partial charge in [-0.1, -0.05) is 23.2 Å². The Morgan fingerprint density at radius 3 is 2.56 bits per heavy atom. The summed E-state index contributed by atoms with van der Waals surface area (Å²) in [6.45, 7) is 3.99. The number of aryl methyl sites for hydroxylation is 2. The molecular weight excluding hydrogens is 271 g/mol. The molecule has 94 valence electrons. The molecule has 0 bridgehead atoms. The highest BCUT2D eigenvalue weighted by Crippen LogP contribution is 2.21. The molecule has 0 saturated carbocycles. The van der Waals surface area contributed by atoms with Gasteiger partial charge in [-0.15, -0.1) is 0 Å². The number of rotatable bonds is 3. The quantitative estimate of drug-likeness (QED) is 0.805. The number of hydrogen-bond acceptors (Lipinski definition) is 2. The molecule has 0 unspecified atom stereocenters. The number of halogens is 2. The van der Waals surface area contributed by atoms with Crippen LogP contribution in [0.2, 0.25) is 10.0 Å². The molecule has 1 heterocycles. The Morgan fingerprint density at radius 2 is 2.00 bits per heavy atom. The van der Waals surface area contributed by atoms with Gasteiger partial charge < -0.3 is 0 Å². The van der Waals surface area contributed by atoms with E-state index in [9.17, 15) is 4.79 Å². The van der Waals surface area contributed by atoms with Gasteiger partial charge >= 0.3 is 0 Å². The van der Waals surface area contributed by atoms with Gasteiger partial charge in [0.2, 0.25) is 0 Å². The SMILES string of the molecule is Cc1cc(C)n(CC(=O)c2ccc(Cl)cc2Cl)n1. The van der Waals surface area contributed by atoms with Crippen LogP contribution < -0.4 is 0 Å². The van der Waals surface area contributed by atoms with Crippen molar-refractivity contribution in [2.24, 2.45) is 0 Å². The van der Waals surface area contributed by atoms with Crippen LogP contribution in [0.4, 0.5) is 0 Å². The van der Waals surface area contributed by atoms with Crippen molar-refractivity contribution in [2.75, 3.05) is 0 Å². The van der Waals surface area contributed by atoms with E-state index in [4.69, 9.17) is 23.2 Å². The highest BCUT2D eigenvalue weighted by atomic mass is 35.5. The zero-order valence-electron chi connectivity index (χ0n) is 10.1. The number of ketones is 1. The number of aromatic nitrogens is 2. The van der Waals surface area contributed by atoms with E-state index in [0.29, 0.717) is 15.6 Å². The van der Waals surface area contributed by atoms with Crippen LogP contribution in [0, 0.1) is 13.8 Å². The molecular formula is C13H12Cl2N2O. The molecule has 3 nitrogen and oxygen atoms in total. The third-order valence-electron chi connectivity index (χ3n) is 2.63. The van der Waals surface area contributed by atoms with Crippen molar-refractivity contribution >= 4 is 29.0 Å². The summed E-state index contributed by atoms with van der Waals surface area (Å²) < 4.78 is 1.67. The summed E-state index contributed by atoms with van der Waals surface area (Å²) in [5.41, 5.74) is 2.31. The van der Waals surface area contributed by atoms with Crippen LogP contribution in [-0.4, -0.2) is 15.6 Å². The van der Waals surface area contributed by atoms with E-state index in [-0.39, 0.29) is 12.3 Å². The molecule has 0 amide bonds. The number of benzene rings is 1. The predicted octanol–water partition coefficient (Wildman–Crippen LogP) is 3.69. The second kappa shape index (κ2) is 5.12. The number of carbonyl (C=O) groups is 1. The van der Waals surface area contributed by atoms with E-state index in [2.05, 4.69) is 5.10 Å². The summed E-state index contributed by atoms with van der Waals surface area (Å²) in [6, 6.07) is 6.79. The monoisotopic (exact) mass is 282 g/mol. The maximum atomic E-state index is 12.1. The van der Waals surface area contributed by atoms with Crippen LogP contribution in [0.5, 0.6) is 0 Å². The number of Topliss-reactive ketones (excluding diaryl/α,β-unsaturated/α-hetero) is 1. The second-order valence-electron chi connectivity index (χ2n) is 4.13. The summed E-state index contributed by atoms with van der Waals surface area (Å²) in [5, 5.41) is 5.14. The molecule has 0 spiro atoms. The third-order valence-corrected chi connectivity index (χ3v) is 3.18. The summed E-state index contributed by atoms with van der Waals surface area (Å²) in [6.07, 6.45) is 0. The van der Waals surface area contributed by atoms with Gasteiger partial charge in [-0.25, -0.2) is 0 Å². The lowest BCUT2D eigenvalue weighted by Gasteiger charge is -2.06. The number of nitrogens with zero attached hydrogens (tertiary/aromatic N) is 2. The zero-order valence-corrected chi connectivity index (χ0v) is 11.6. The Kier molecular flexibility index (Phi) is 3.73. The van der Waals surface area contributed by atoms with Crippen molar-refractivity contribution in [1.82, 2.24) is 9.78 Å². The first-order valence-electron chi connectivity index (χ1n) is 5.46. The van der Waals surface area contributed by atoms with Crippen molar-refractivity contribution in [3.05, 3.63) is 51.3 Å². The summed E-state index contributed by atoms with van der Waals surface area (Å²) in [4.78, 5) is 12.1. The number of carbonyl (C=O) groups excluding carboxylic acids is 1. The largest absolute Gasteiger partial charge is 0.292 e. The van der Waals surface area contributed by atoms with Crippen LogP contribution in [0.15, 0.2) is 24.3 Å². The molecule has 0 radical (unpaired) electrons. The highest BCUT2D eigenvalue weighted by Gasteiger charge is 2.13. The molecule has 0 atom stereocenters. The van der Waals surface area contributed by atoms with E-state index >= 15 is 0 Å². The zero-order chi connectivity index (χ0) is 13.3. The Morgan fingerprint density at radius 1 is 1.28 bits per heavy atom. The standard InChI is InChI=1S/C13H12Cl2N2O/c1-8-5-9(2)17(16-8)7-13(18)11-4-3-10(14)6-12(11)15/h3-6H,7H2,1-2H3. The van der Waals surface area contributed by atoms with Gasteiger partial charge in [-0.2, -0.15) is 5.10 Å². The van der Waals surface area contributed by atoms with Gasteiger partial charge in [0.05, 0.1) is 10.7 Å². The van der Waals surface area contributed by atoms with E-state index in [1.165, 1.54) is 0 Å². The van der Waals surface area contributed by atoms with E-state index in [1.807, 2.05) is 19.9 Å². The third kappa shape index (κ3) is 2.74. The first-order valence-corrected chi connectivity index (χ1v) is 6.22. The summed E-state index contributed by atoms with van der Waals surface area (Å²) in [5.74, 6) is -0.0807. The molecule has 0 saturated heterocycles. The Labute approximate surface area is 115 Å². The van der Waals surface area contributed by atoms with Gasteiger partial charge in [0.25, 0.3) is 0 Å². The van der Waals surface area contributed by atoms with E-state index in [1.54, 1.807) is 22.9 Å². The molecule has 5 heteroatoms. The van der Waals surface area contributed by atoms with Crippen molar-refractivity contribution in [1.29, 1.82) is 0 Å². The minimum atomic E-state index is -0.0807. The average Bonchev–Trinajstić information content (AvgIpc) is 2.57. The van der Waals surface area contributed by atoms with Gasteiger partial charge in [0.1, 0.15) is 6.54 Å². The Balaban J connectivity index is 2.24. The molecule has 0 N–H and O–H groups in total. The Bertz CT molecular complexity index is 605. The normalized spacial score (nSPS) is 10.7. The maximum absolute atomic E-state index is 12.1. The first-order chi connectivity index (χ1) is 8.47. The summed E-state index contributed by atoms with van der Waals surface area (Å²) in [7, 11) is 0. The van der Waals surface area contributed by atoms with Crippen molar-refractivity contribution in [2.45, 2.75) is 20.4 Å². The predicted molar refractivity (Wildman–Crippen MR) is 72.5 cm³/mol.